The van der Waals surface area contributed by atoms with Crippen molar-refractivity contribution in [3.8, 4) is 5.75 Å². The minimum Gasteiger partial charge on any atom is -0.489 e. The predicted octanol–water partition coefficient (Wildman–Crippen LogP) is 2.89. The molecule has 6 heteroatoms. The van der Waals surface area contributed by atoms with Crippen molar-refractivity contribution in [2.75, 3.05) is 13.7 Å². The van der Waals surface area contributed by atoms with Crippen LogP contribution in [0.2, 0.25) is 0 Å². The number of carbonyl (C=O) groups excluding carboxylic acids is 1. The Morgan fingerprint density at radius 2 is 2.00 bits per heavy atom. The minimum atomic E-state index is -0.371. The Bertz CT molecular complexity index is 732. The highest BCUT2D eigenvalue weighted by Gasteiger charge is 2.18. The lowest BCUT2D eigenvalue weighted by molar-refractivity contribution is -0.114. The van der Waals surface area contributed by atoms with Gasteiger partial charge < -0.3 is 14.9 Å². The zero-order valence-electron chi connectivity index (χ0n) is 13.6. The normalized spacial score (nSPS) is 11.0. The van der Waals surface area contributed by atoms with E-state index >= 15 is 0 Å². The molecule has 0 aliphatic heterocycles. The van der Waals surface area contributed by atoms with E-state index in [9.17, 15) is 9.18 Å². The van der Waals surface area contributed by atoms with Crippen molar-refractivity contribution in [2.24, 2.45) is 5.16 Å². The molecule has 24 heavy (non-hydrogen) atoms. The molecule has 0 aliphatic rings. The van der Waals surface area contributed by atoms with E-state index in [1.807, 2.05) is 19.1 Å². The quantitative estimate of drug-likeness (QED) is 0.627. The molecule has 1 N–H and O–H groups in total. The number of amides is 1. The van der Waals surface area contributed by atoms with E-state index in [1.54, 1.807) is 24.3 Å². The molecular formula is C18H19FN2O3. The highest BCUT2D eigenvalue weighted by atomic mass is 19.1. The zero-order valence-corrected chi connectivity index (χ0v) is 13.6. The van der Waals surface area contributed by atoms with Crippen molar-refractivity contribution in [1.29, 1.82) is 0 Å². The number of oxime groups is 1. The molecule has 0 aromatic heterocycles. The summed E-state index contributed by atoms with van der Waals surface area (Å²) in [5.41, 5.74) is 1.50. The summed E-state index contributed by atoms with van der Waals surface area (Å²) in [6.45, 7) is 2.46. The third-order valence-electron chi connectivity index (χ3n) is 3.20. The van der Waals surface area contributed by atoms with Gasteiger partial charge in [-0.3, -0.25) is 4.79 Å². The fourth-order valence-corrected chi connectivity index (χ4v) is 2.14. The largest absolute Gasteiger partial charge is 0.489 e. The van der Waals surface area contributed by atoms with Crippen LogP contribution in [0.5, 0.6) is 5.75 Å². The lowest BCUT2D eigenvalue weighted by Crippen LogP contribution is -2.32. The topological polar surface area (TPSA) is 59.9 Å². The summed E-state index contributed by atoms with van der Waals surface area (Å²) in [5.74, 6) is -0.296. The van der Waals surface area contributed by atoms with Crippen molar-refractivity contribution in [1.82, 2.24) is 5.32 Å². The predicted molar refractivity (Wildman–Crippen MR) is 89.4 cm³/mol. The van der Waals surface area contributed by atoms with Crippen LogP contribution in [0.25, 0.3) is 0 Å². The van der Waals surface area contributed by atoms with E-state index in [0.29, 0.717) is 17.9 Å². The molecule has 2 aromatic rings. The molecule has 0 saturated heterocycles. The molecule has 2 aromatic carbocycles. The van der Waals surface area contributed by atoms with Crippen LogP contribution >= 0.6 is 0 Å². The number of hydrogen-bond acceptors (Lipinski definition) is 4. The molecule has 2 rings (SSSR count). The Labute approximate surface area is 140 Å². The molecule has 126 valence electrons. The molecule has 0 radical (unpaired) electrons. The molecule has 0 unspecified atom stereocenters. The number of likely N-dealkylation sites (N-methyl/N-ethyl adjacent to an activating group) is 1. The van der Waals surface area contributed by atoms with E-state index in [1.165, 1.54) is 19.2 Å². The molecule has 0 spiro atoms. The van der Waals surface area contributed by atoms with Crippen LogP contribution in [-0.2, 0) is 16.2 Å². The molecule has 0 saturated carbocycles. The molecule has 0 bridgehead atoms. The highest BCUT2D eigenvalue weighted by Crippen LogP contribution is 2.17. The van der Waals surface area contributed by atoms with Gasteiger partial charge in [0.05, 0.1) is 0 Å². The minimum absolute atomic E-state index is 0.165. The third kappa shape index (κ3) is 4.55. The van der Waals surface area contributed by atoms with Gasteiger partial charge in [0.15, 0.2) is 5.71 Å². The van der Waals surface area contributed by atoms with Gasteiger partial charge in [0, 0.05) is 18.2 Å². The average Bonchev–Trinajstić information content (AvgIpc) is 2.58. The molecule has 0 atom stereocenters. The Balaban J connectivity index is 2.25. The van der Waals surface area contributed by atoms with E-state index in [-0.39, 0.29) is 24.0 Å². The van der Waals surface area contributed by atoms with Gasteiger partial charge in [-0.2, -0.15) is 0 Å². The Morgan fingerprint density at radius 1 is 1.21 bits per heavy atom. The summed E-state index contributed by atoms with van der Waals surface area (Å²) >= 11 is 0. The Hall–Kier alpha value is -2.89. The number of nitrogens with zero attached hydrogens (tertiary/aromatic N) is 1. The molecule has 0 fully saturated rings. The third-order valence-corrected chi connectivity index (χ3v) is 3.20. The number of benzene rings is 2. The second kappa shape index (κ2) is 8.67. The lowest BCUT2D eigenvalue weighted by atomic mass is 10.0. The monoisotopic (exact) mass is 330 g/mol. The molecule has 1 amide bonds. The first-order valence-electron chi connectivity index (χ1n) is 7.51. The van der Waals surface area contributed by atoms with Crippen molar-refractivity contribution in [2.45, 2.75) is 13.5 Å². The first-order chi connectivity index (χ1) is 11.7. The maximum Gasteiger partial charge on any atom is 0.273 e. The Morgan fingerprint density at radius 3 is 2.71 bits per heavy atom. The van der Waals surface area contributed by atoms with Gasteiger partial charge in [-0.25, -0.2) is 4.39 Å². The number of hydrogen-bond donors (Lipinski definition) is 1. The van der Waals surface area contributed by atoms with Crippen LogP contribution in [0.15, 0.2) is 53.7 Å². The lowest BCUT2D eigenvalue weighted by Gasteiger charge is -2.12. The van der Waals surface area contributed by atoms with Crippen LogP contribution in [0.1, 0.15) is 18.1 Å². The number of ether oxygens (including phenoxy) is 1. The SMILES string of the molecule is CCNC(=O)C(=NOC)c1ccccc1COc1cccc(F)c1. The first-order valence-corrected chi connectivity index (χ1v) is 7.51. The highest BCUT2D eigenvalue weighted by molar-refractivity contribution is 6.45. The average molecular weight is 330 g/mol. The fourth-order valence-electron chi connectivity index (χ4n) is 2.14. The smallest absolute Gasteiger partial charge is 0.273 e. The molecule has 0 heterocycles. The summed E-state index contributed by atoms with van der Waals surface area (Å²) in [5, 5.41) is 6.53. The number of carbonyl (C=O) groups is 1. The van der Waals surface area contributed by atoms with Crippen molar-refractivity contribution in [3.63, 3.8) is 0 Å². The van der Waals surface area contributed by atoms with Crippen molar-refractivity contribution in [3.05, 3.63) is 65.5 Å². The van der Waals surface area contributed by atoms with Gasteiger partial charge in [0.2, 0.25) is 0 Å². The Kier molecular flexibility index (Phi) is 6.31. The zero-order chi connectivity index (χ0) is 17.4. The molecular weight excluding hydrogens is 311 g/mol. The van der Waals surface area contributed by atoms with Crippen LogP contribution < -0.4 is 10.1 Å². The van der Waals surface area contributed by atoms with Gasteiger partial charge in [-0.05, 0) is 24.6 Å². The van der Waals surface area contributed by atoms with E-state index < -0.39 is 0 Å². The van der Waals surface area contributed by atoms with Gasteiger partial charge in [-0.15, -0.1) is 0 Å². The van der Waals surface area contributed by atoms with Crippen molar-refractivity contribution >= 4 is 11.6 Å². The van der Waals surface area contributed by atoms with Gasteiger partial charge in [0.1, 0.15) is 25.3 Å². The second-order valence-electron chi connectivity index (χ2n) is 4.89. The van der Waals surface area contributed by atoms with E-state index in [0.717, 1.165) is 5.56 Å². The fraction of sp³-hybridized carbons (Fsp3) is 0.222. The summed E-state index contributed by atoms with van der Waals surface area (Å²) in [4.78, 5) is 17.0. The van der Waals surface area contributed by atoms with Crippen LogP contribution in [0.3, 0.4) is 0 Å². The maximum absolute atomic E-state index is 13.2. The van der Waals surface area contributed by atoms with Crippen molar-refractivity contribution < 1.29 is 18.8 Å². The number of halogens is 1. The summed E-state index contributed by atoms with van der Waals surface area (Å²) in [7, 11) is 1.38. The van der Waals surface area contributed by atoms with E-state index in [2.05, 4.69) is 10.5 Å². The summed E-state index contributed by atoms with van der Waals surface area (Å²) in [6, 6.07) is 13.1. The van der Waals surface area contributed by atoms with Crippen LogP contribution in [0.4, 0.5) is 4.39 Å². The van der Waals surface area contributed by atoms with Crippen LogP contribution in [-0.4, -0.2) is 25.3 Å². The van der Waals surface area contributed by atoms with Gasteiger partial charge in [-0.1, -0.05) is 35.5 Å². The maximum atomic E-state index is 13.2. The summed E-state index contributed by atoms with van der Waals surface area (Å²) < 4.78 is 18.8. The number of rotatable bonds is 7. The standard InChI is InChI=1S/C18H19FN2O3/c1-3-20-18(22)17(21-23-2)16-10-5-4-7-13(16)12-24-15-9-6-8-14(19)11-15/h4-11H,3,12H2,1-2H3,(H,20,22). The van der Waals surface area contributed by atoms with Gasteiger partial charge >= 0.3 is 0 Å². The van der Waals surface area contributed by atoms with Gasteiger partial charge in [0.25, 0.3) is 5.91 Å². The second-order valence-corrected chi connectivity index (χ2v) is 4.89. The first kappa shape index (κ1) is 17.5. The molecule has 0 aliphatic carbocycles. The number of nitrogens with one attached hydrogen (secondary N) is 1. The van der Waals surface area contributed by atoms with Crippen LogP contribution in [0, 0.1) is 5.82 Å². The molecule has 5 nitrogen and oxygen atoms in total. The van der Waals surface area contributed by atoms with E-state index in [4.69, 9.17) is 9.57 Å². The summed E-state index contributed by atoms with van der Waals surface area (Å²) in [6.07, 6.45) is 0.